The molecule has 3 heterocycles. The number of para-hydroxylation sites is 1. The third kappa shape index (κ3) is 6.55. The molecule has 10 nitrogen and oxygen atoms in total. The summed E-state index contributed by atoms with van der Waals surface area (Å²) in [6.07, 6.45) is 5.58. The lowest BCUT2D eigenvalue weighted by Crippen LogP contribution is -2.43. The van der Waals surface area contributed by atoms with Crippen LogP contribution in [0.4, 0.5) is 17.3 Å². The smallest absolute Gasteiger partial charge is 0.251 e. The van der Waals surface area contributed by atoms with E-state index in [4.69, 9.17) is 4.98 Å². The molecule has 0 spiro atoms. The highest BCUT2D eigenvalue weighted by atomic mass is 32.2. The predicted molar refractivity (Wildman–Crippen MR) is 154 cm³/mol. The fraction of sp³-hybridized carbons (Fsp3) is 0.321. The summed E-state index contributed by atoms with van der Waals surface area (Å²) in [5.41, 5.74) is 3.47. The standard InChI is InChI=1S/C28H33N7O3S/c1-3-39(37,38)33-25-7-5-4-6-22(25)19-35-17-12-21-18-29-28(32-26(21)35)31-23-10-8-20(9-11-23)27(36)30-24-13-15-34(2)16-14-24/h4-12,17-18,24,33H,3,13-16,19H2,1-2H3,(H,30,36)(H,29,31,32). The minimum absolute atomic E-state index is 0.0000251. The number of nitrogens with zero attached hydrogens (tertiary/aromatic N) is 4. The molecule has 2 aromatic carbocycles. The van der Waals surface area contributed by atoms with Gasteiger partial charge in [-0.1, -0.05) is 18.2 Å². The number of aromatic nitrogens is 3. The van der Waals surface area contributed by atoms with Gasteiger partial charge in [-0.2, -0.15) is 4.98 Å². The Labute approximate surface area is 228 Å². The zero-order valence-corrected chi connectivity index (χ0v) is 22.9. The first kappa shape index (κ1) is 26.6. The number of nitrogens with one attached hydrogen (secondary N) is 3. The van der Waals surface area contributed by atoms with Gasteiger partial charge in [-0.05, 0) is 81.9 Å². The van der Waals surface area contributed by atoms with Crippen LogP contribution in [0, 0.1) is 0 Å². The summed E-state index contributed by atoms with van der Waals surface area (Å²) in [4.78, 5) is 24.1. The van der Waals surface area contributed by atoms with E-state index < -0.39 is 10.0 Å². The van der Waals surface area contributed by atoms with Crippen LogP contribution in [0.3, 0.4) is 0 Å². The molecule has 1 fully saturated rings. The summed E-state index contributed by atoms with van der Waals surface area (Å²) in [7, 11) is -1.30. The van der Waals surface area contributed by atoms with Crippen LogP contribution in [0.15, 0.2) is 67.0 Å². The van der Waals surface area contributed by atoms with Gasteiger partial charge in [-0.15, -0.1) is 0 Å². The average Bonchev–Trinajstić information content (AvgIpc) is 3.33. The lowest BCUT2D eigenvalue weighted by molar-refractivity contribution is 0.0917. The molecule has 1 aliphatic rings. The maximum atomic E-state index is 12.7. The molecular formula is C28H33N7O3S. The second-order valence-electron chi connectivity index (χ2n) is 9.83. The van der Waals surface area contributed by atoms with Crippen LogP contribution in [0.5, 0.6) is 0 Å². The van der Waals surface area contributed by atoms with Gasteiger partial charge < -0.3 is 20.1 Å². The van der Waals surface area contributed by atoms with Gasteiger partial charge in [-0.3, -0.25) is 9.52 Å². The number of carbonyl (C=O) groups is 1. The van der Waals surface area contributed by atoms with Gasteiger partial charge in [0.05, 0.1) is 18.0 Å². The largest absolute Gasteiger partial charge is 0.349 e. The van der Waals surface area contributed by atoms with Gasteiger partial charge in [0.15, 0.2) is 0 Å². The Kier molecular flexibility index (Phi) is 7.80. The Balaban J connectivity index is 1.28. The Morgan fingerprint density at radius 2 is 1.79 bits per heavy atom. The summed E-state index contributed by atoms with van der Waals surface area (Å²) in [6.45, 7) is 4.02. The molecule has 0 aliphatic carbocycles. The highest BCUT2D eigenvalue weighted by molar-refractivity contribution is 7.92. The molecule has 1 amide bonds. The van der Waals surface area contributed by atoms with Gasteiger partial charge in [-0.25, -0.2) is 13.4 Å². The normalized spacial score (nSPS) is 14.8. The maximum absolute atomic E-state index is 12.7. The predicted octanol–water partition coefficient (Wildman–Crippen LogP) is 3.81. The Morgan fingerprint density at radius 1 is 1.05 bits per heavy atom. The van der Waals surface area contributed by atoms with E-state index in [0.29, 0.717) is 23.7 Å². The van der Waals surface area contributed by atoms with E-state index >= 15 is 0 Å². The fourth-order valence-corrected chi connectivity index (χ4v) is 5.27. The molecule has 3 N–H and O–H groups in total. The van der Waals surface area contributed by atoms with E-state index in [9.17, 15) is 13.2 Å². The van der Waals surface area contributed by atoms with Gasteiger partial charge in [0, 0.05) is 35.1 Å². The second-order valence-corrected chi connectivity index (χ2v) is 11.8. The quantitative estimate of drug-likeness (QED) is 0.291. The lowest BCUT2D eigenvalue weighted by Gasteiger charge is -2.29. The summed E-state index contributed by atoms with van der Waals surface area (Å²) in [6, 6.07) is 16.7. The van der Waals surface area contributed by atoms with Gasteiger partial charge >= 0.3 is 0 Å². The van der Waals surface area contributed by atoms with Crippen molar-refractivity contribution < 1.29 is 13.2 Å². The topological polar surface area (TPSA) is 121 Å². The number of fused-ring (bicyclic) bond motifs is 1. The van der Waals surface area contributed by atoms with Crippen molar-refractivity contribution >= 4 is 44.3 Å². The van der Waals surface area contributed by atoms with Crippen molar-refractivity contribution in [3.63, 3.8) is 0 Å². The third-order valence-electron chi connectivity index (χ3n) is 6.96. The maximum Gasteiger partial charge on any atom is 0.251 e. The molecule has 0 saturated carbocycles. The molecule has 4 aromatic rings. The molecule has 204 valence electrons. The zero-order valence-electron chi connectivity index (χ0n) is 22.1. The summed E-state index contributed by atoms with van der Waals surface area (Å²) in [5.74, 6) is 0.360. The molecular weight excluding hydrogens is 514 g/mol. The molecule has 0 unspecified atom stereocenters. The van der Waals surface area contributed by atoms with E-state index in [0.717, 1.165) is 48.2 Å². The number of carbonyl (C=O) groups excluding carboxylic acids is 1. The Bertz CT molecular complexity index is 1560. The zero-order chi connectivity index (χ0) is 27.4. The molecule has 1 aliphatic heterocycles. The van der Waals surface area contributed by atoms with Crippen molar-refractivity contribution in [2.24, 2.45) is 0 Å². The average molecular weight is 548 g/mol. The van der Waals surface area contributed by atoms with Gasteiger partial charge in [0.25, 0.3) is 5.91 Å². The van der Waals surface area contributed by atoms with Crippen molar-refractivity contribution in [3.05, 3.63) is 78.1 Å². The van der Waals surface area contributed by atoms with Crippen LogP contribution < -0.4 is 15.4 Å². The van der Waals surface area contributed by atoms with Crippen LogP contribution in [0.1, 0.15) is 35.7 Å². The minimum Gasteiger partial charge on any atom is -0.349 e. The number of hydrogen-bond acceptors (Lipinski definition) is 7. The van der Waals surface area contributed by atoms with E-state index in [2.05, 4.69) is 32.3 Å². The number of hydrogen-bond donors (Lipinski definition) is 3. The first-order valence-electron chi connectivity index (χ1n) is 13.1. The number of amides is 1. The van der Waals surface area contributed by atoms with E-state index in [1.807, 2.05) is 41.1 Å². The first-order valence-corrected chi connectivity index (χ1v) is 14.7. The SMILES string of the molecule is CCS(=O)(=O)Nc1ccccc1Cn1ccc2cnc(Nc3ccc(C(=O)NC4CCN(C)CC4)cc3)nc21. The number of likely N-dealkylation sites (tertiary alicyclic amines) is 1. The highest BCUT2D eigenvalue weighted by Gasteiger charge is 2.19. The molecule has 0 bridgehead atoms. The van der Waals surface area contributed by atoms with Crippen molar-refractivity contribution in [2.45, 2.75) is 32.4 Å². The number of piperidine rings is 1. The summed E-state index contributed by atoms with van der Waals surface area (Å²) in [5, 5.41) is 7.22. The van der Waals surface area contributed by atoms with Crippen molar-refractivity contribution in [2.75, 3.05) is 35.9 Å². The highest BCUT2D eigenvalue weighted by Crippen LogP contribution is 2.23. The molecule has 0 radical (unpaired) electrons. The second kappa shape index (κ2) is 11.4. The molecule has 5 rings (SSSR count). The minimum atomic E-state index is -3.40. The van der Waals surface area contributed by atoms with E-state index in [1.165, 1.54) is 0 Å². The monoisotopic (exact) mass is 547 g/mol. The van der Waals surface area contributed by atoms with Crippen LogP contribution in [0.2, 0.25) is 0 Å². The fourth-order valence-electron chi connectivity index (χ4n) is 4.60. The van der Waals surface area contributed by atoms with Gasteiger partial charge in [0.2, 0.25) is 16.0 Å². The molecule has 0 atom stereocenters. The molecule has 39 heavy (non-hydrogen) atoms. The van der Waals surface area contributed by atoms with Crippen molar-refractivity contribution in [1.29, 1.82) is 0 Å². The Hall–Kier alpha value is -3.96. The van der Waals surface area contributed by atoms with E-state index in [1.54, 1.807) is 37.4 Å². The lowest BCUT2D eigenvalue weighted by atomic mass is 10.0. The first-order chi connectivity index (χ1) is 18.8. The summed E-state index contributed by atoms with van der Waals surface area (Å²) < 4.78 is 28.9. The molecule has 2 aromatic heterocycles. The summed E-state index contributed by atoms with van der Waals surface area (Å²) >= 11 is 0. The van der Waals surface area contributed by atoms with Crippen molar-refractivity contribution in [1.82, 2.24) is 24.8 Å². The number of benzene rings is 2. The van der Waals surface area contributed by atoms with Crippen LogP contribution in [-0.2, 0) is 16.6 Å². The third-order valence-corrected chi connectivity index (χ3v) is 8.25. The molecule has 11 heteroatoms. The molecule has 1 saturated heterocycles. The van der Waals surface area contributed by atoms with E-state index in [-0.39, 0.29) is 17.7 Å². The number of sulfonamides is 1. The van der Waals surface area contributed by atoms with Crippen LogP contribution in [0.25, 0.3) is 11.0 Å². The van der Waals surface area contributed by atoms with Crippen LogP contribution in [-0.4, -0.2) is 65.7 Å². The van der Waals surface area contributed by atoms with Gasteiger partial charge in [0.1, 0.15) is 5.65 Å². The van der Waals surface area contributed by atoms with Crippen LogP contribution >= 0.6 is 0 Å². The van der Waals surface area contributed by atoms with Crippen molar-refractivity contribution in [3.8, 4) is 0 Å². The number of anilines is 3. The Morgan fingerprint density at radius 3 is 2.54 bits per heavy atom. The number of rotatable bonds is 9.